The van der Waals surface area contributed by atoms with Gasteiger partial charge < -0.3 is 15.0 Å². The maximum absolute atomic E-state index is 5.46. The van der Waals surface area contributed by atoms with Gasteiger partial charge >= 0.3 is 0 Å². The SMILES string of the molecule is CN(c1ccc2c(c1)CCCN2)C1CCOC1. The molecule has 17 heavy (non-hydrogen) atoms. The minimum Gasteiger partial charge on any atom is -0.385 e. The molecule has 2 aliphatic rings. The quantitative estimate of drug-likeness (QED) is 0.846. The smallest absolute Gasteiger partial charge is 0.0670 e. The summed E-state index contributed by atoms with van der Waals surface area (Å²) in [5, 5.41) is 3.46. The highest BCUT2D eigenvalue weighted by Gasteiger charge is 2.21. The summed E-state index contributed by atoms with van der Waals surface area (Å²) in [6, 6.07) is 7.32. The molecule has 0 saturated carbocycles. The number of fused-ring (bicyclic) bond motifs is 1. The fraction of sp³-hybridized carbons (Fsp3) is 0.571. The lowest BCUT2D eigenvalue weighted by Gasteiger charge is -2.27. The summed E-state index contributed by atoms with van der Waals surface area (Å²) in [6.07, 6.45) is 3.59. The normalized spacial score (nSPS) is 23.0. The molecule has 2 heterocycles. The van der Waals surface area contributed by atoms with Gasteiger partial charge in [0.1, 0.15) is 0 Å². The number of nitrogens with one attached hydrogen (secondary N) is 1. The van der Waals surface area contributed by atoms with Gasteiger partial charge in [0.15, 0.2) is 0 Å². The number of benzene rings is 1. The van der Waals surface area contributed by atoms with Gasteiger partial charge in [-0.2, -0.15) is 0 Å². The molecule has 1 fully saturated rings. The Bertz CT molecular complexity index is 399. The van der Waals surface area contributed by atoms with Crippen LogP contribution < -0.4 is 10.2 Å². The Morgan fingerprint density at radius 1 is 1.41 bits per heavy atom. The Morgan fingerprint density at radius 3 is 3.18 bits per heavy atom. The van der Waals surface area contributed by atoms with Crippen LogP contribution in [0.3, 0.4) is 0 Å². The van der Waals surface area contributed by atoms with E-state index in [2.05, 4.69) is 35.5 Å². The van der Waals surface area contributed by atoms with Crippen LogP contribution in [0.25, 0.3) is 0 Å². The van der Waals surface area contributed by atoms with Crippen LogP contribution in [0.2, 0.25) is 0 Å². The number of likely N-dealkylation sites (N-methyl/N-ethyl adjacent to an activating group) is 1. The van der Waals surface area contributed by atoms with E-state index in [1.165, 1.54) is 29.8 Å². The second-order valence-corrected chi connectivity index (χ2v) is 5.00. The first kappa shape index (κ1) is 10.9. The van der Waals surface area contributed by atoms with E-state index in [9.17, 15) is 0 Å². The van der Waals surface area contributed by atoms with Crippen LogP contribution in [0.15, 0.2) is 18.2 Å². The first-order chi connectivity index (χ1) is 8.34. The van der Waals surface area contributed by atoms with Crippen molar-refractivity contribution in [2.75, 3.05) is 37.0 Å². The van der Waals surface area contributed by atoms with E-state index >= 15 is 0 Å². The Labute approximate surface area is 103 Å². The third-order valence-corrected chi connectivity index (χ3v) is 3.89. The zero-order valence-corrected chi connectivity index (χ0v) is 10.4. The number of nitrogens with zero attached hydrogens (tertiary/aromatic N) is 1. The molecule has 3 heteroatoms. The van der Waals surface area contributed by atoms with E-state index < -0.39 is 0 Å². The maximum atomic E-state index is 5.46. The van der Waals surface area contributed by atoms with Crippen molar-refractivity contribution in [2.24, 2.45) is 0 Å². The predicted molar refractivity (Wildman–Crippen MR) is 70.9 cm³/mol. The molecule has 0 aliphatic carbocycles. The summed E-state index contributed by atoms with van der Waals surface area (Å²) in [5.41, 5.74) is 4.10. The number of hydrogen-bond donors (Lipinski definition) is 1. The Morgan fingerprint density at radius 2 is 2.35 bits per heavy atom. The lowest BCUT2D eigenvalue weighted by Crippen LogP contribution is -2.31. The van der Waals surface area contributed by atoms with Gasteiger partial charge in [-0.05, 0) is 43.0 Å². The van der Waals surface area contributed by atoms with Crippen molar-refractivity contribution in [1.29, 1.82) is 0 Å². The highest BCUT2D eigenvalue weighted by atomic mass is 16.5. The molecule has 0 amide bonds. The van der Waals surface area contributed by atoms with Crippen LogP contribution in [0.5, 0.6) is 0 Å². The lowest BCUT2D eigenvalue weighted by atomic mass is 10.0. The number of hydrogen-bond acceptors (Lipinski definition) is 3. The highest BCUT2D eigenvalue weighted by molar-refractivity contribution is 5.61. The molecule has 0 spiro atoms. The zero-order chi connectivity index (χ0) is 11.7. The molecule has 0 radical (unpaired) electrons. The third-order valence-electron chi connectivity index (χ3n) is 3.89. The Kier molecular flexibility index (Phi) is 2.93. The second-order valence-electron chi connectivity index (χ2n) is 5.00. The van der Waals surface area contributed by atoms with Crippen molar-refractivity contribution in [3.63, 3.8) is 0 Å². The topological polar surface area (TPSA) is 24.5 Å². The van der Waals surface area contributed by atoms with E-state index in [4.69, 9.17) is 4.74 Å². The van der Waals surface area contributed by atoms with Gasteiger partial charge in [-0.25, -0.2) is 0 Å². The fourth-order valence-corrected chi connectivity index (χ4v) is 2.72. The van der Waals surface area contributed by atoms with Crippen molar-refractivity contribution in [3.8, 4) is 0 Å². The standard InChI is InChI=1S/C14H20N2O/c1-16(13-6-8-17-10-13)12-4-5-14-11(9-12)3-2-7-15-14/h4-5,9,13,15H,2-3,6-8,10H2,1H3. The molecule has 0 bridgehead atoms. The van der Waals surface area contributed by atoms with Gasteiger partial charge in [0.25, 0.3) is 0 Å². The van der Waals surface area contributed by atoms with Gasteiger partial charge in [-0.3, -0.25) is 0 Å². The summed E-state index contributed by atoms with van der Waals surface area (Å²) in [5.74, 6) is 0. The summed E-state index contributed by atoms with van der Waals surface area (Å²) < 4.78 is 5.46. The van der Waals surface area contributed by atoms with E-state index in [0.29, 0.717) is 6.04 Å². The minimum absolute atomic E-state index is 0.546. The third kappa shape index (κ3) is 2.12. The van der Waals surface area contributed by atoms with Gasteiger partial charge in [-0.15, -0.1) is 0 Å². The van der Waals surface area contributed by atoms with Crippen LogP contribution in [-0.2, 0) is 11.2 Å². The Balaban J connectivity index is 1.82. The molecule has 1 aromatic rings. The van der Waals surface area contributed by atoms with E-state index in [-0.39, 0.29) is 0 Å². The average molecular weight is 232 g/mol. The van der Waals surface area contributed by atoms with Gasteiger partial charge in [0.05, 0.1) is 12.6 Å². The van der Waals surface area contributed by atoms with Crippen molar-refractivity contribution in [1.82, 2.24) is 0 Å². The van der Waals surface area contributed by atoms with E-state index in [1.54, 1.807) is 0 Å². The number of anilines is 2. The monoisotopic (exact) mass is 232 g/mol. The molecule has 1 aromatic carbocycles. The van der Waals surface area contributed by atoms with Crippen LogP contribution in [0.1, 0.15) is 18.4 Å². The summed E-state index contributed by atoms with van der Waals surface area (Å²) in [6.45, 7) is 2.88. The maximum Gasteiger partial charge on any atom is 0.0670 e. The first-order valence-corrected chi connectivity index (χ1v) is 6.52. The van der Waals surface area contributed by atoms with Crippen LogP contribution >= 0.6 is 0 Å². The molecule has 92 valence electrons. The number of rotatable bonds is 2. The van der Waals surface area contributed by atoms with E-state index in [0.717, 1.165) is 26.2 Å². The van der Waals surface area contributed by atoms with Crippen molar-refractivity contribution in [3.05, 3.63) is 23.8 Å². The van der Waals surface area contributed by atoms with Gasteiger partial charge in [-0.1, -0.05) is 0 Å². The van der Waals surface area contributed by atoms with Crippen LogP contribution in [-0.4, -0.2) is 32.8 Å². The molecule has 1 unspecified atom stereocenters. The van der Waals surface area contributed by atoms with Crippen molar-refractivity contribution in [2.45, 2.75) is 25.3 Å². The molecule has 3 nitrogen and oxygen atoms in total. The van der Waals surface area contributed by atoms with Gasteiger partial charge in [0.2, 0.25) is 0 Å². The van der Waals surface area contributed by atoms with Crippen molar-refractivity contribution >= 4 is 11.4 Å². The number of aryl methyl sites for hydroxylation is 1. The highest BCUT2D eigenvalue weighted by Crippen LogP contribution is 2.28. The number of ether oxygens (including phenoxy) is 1. The molecule has 1 atom stereocenters. The van der Waals surface area contributed by atoms with Crippen LogP contribution in [0, 0.1) is 0 Å². The molecular weight excluding hydrogens is 212 g/mol. The van der Waals surface area contributed by atoms with E-state index in [1.807, 2.05) is 0 Å². The second kappa shape index (κ2) is 4.57. The predicted octanol–water partition coefficient (Wildman–Crippen LogP) is 2.27. The zero-order valence-electron chi connectivity index (χ0n) is 10.4. The lowest BCUT2D eigenvalue weighted by molar-refractivity contribution is 0.193. The molecule has 3 rings (SSSR count). The van der Waals surface area contributed by atoms with Crippen molar-refractivity contribution < 1.29 is 4.74 Å². The average Bonchev–Trinajstić information content (AvgIpc) is 2.91. The summed E-state index contributed by atoms with van der Waals surface area (Å²) >= 11 is 0. The largest absolute Gasteiger partial charge is 0.385 e. The Hall–Kier alpha value is -1.22. The molecule has 1 saturated heterocycles. The molecule has 1 N–H and O–H groups in total. The summed E-state index contributed by atoms with van der Waals surface area (Å²) in [4.78, 5) is 2.36. The molecular formula is C14H20N2O. The van der Waals surface area contributed by atoms with Gasteiger partial charge in [0, 0.05) is 31.6 Å². The molecule has 2 aliphatic heterocycles. The minimum atomic E-state index is 0.546. The van der Waals surface area contributed by atoms with Crippen LogP contribution in [0.4, 0.5) is 11.4 Å². The first-order valence-electron chi connectivity index (χ1n) is 6.52. The summed E-state index contributed by atoms with van der Waals surface area (Å²) in [7, 11) is 2.18. The molecule has 0 aromatic heterocycles. The fourth-order valence-electron chi connectivity index (χ4n) is 2.72.